The van der Waals surface area contributed by atoms with E-state index in [1.807, 2.05) is 30.3 Å². The molecule has 0 aliphatic carbocycles. The highest BCUT2D eigenvalue weighted by Gasteiger charge is 2.15. The van der Waals surface area contributed by atoms with Gasteiger partial charge in [0.2, 0.25) is 0 Å². The van der Waals surface area contributed by atoms with Crippen LogP contribution in [0.25, 0.3) is 0 Å². The molecule has 31 heavy (non-hydrogen) atoms. The smallest absolute Gasteiger partial charge is 0.154 e. The van der Waals surface area contributed by atoms with E-state index in [2.05, 4.69) is 59.2 Å². The fraction of sp³-hybridized carbons (Fsp3) is 0.400. The molecule has 1 aromatic carbocycles. The number of aliphatic imine (C=N–C) groups is 1. The van der Waals surface area contributed by atoms with E-state index < -0.39 is 0 Å². The maximum absolute atomic E-state index is 5.96. The maximum atomic E-state index is 5.96. The number of nitrogens with one attached hydrogen (secondary N) is 3. The van der Waals surface area contributed by atoms with Crippen molar-refractivity contribution in [3.05, 3.63) is 79.2 Å². The van der Waals surface area contributed by atoms with E-state index in [-0.39, 0.29) is 6.00 Å². The summed E-state index contributed by atoms with van der Waals surface area (Å²) >= 11 is 5.96. The molecule has 3 N–H and O–H groups in total. The number of rotatable bonds is 18. The molecule has 0 bridgehead atoms. The minimum atomic E-state index is 0.250. The highest BCUT2D eigenvalue weighted by Crippen LogP contribution is 2.19. The van der Waals surface area contributed by atoms with E-state index in [1.54, 1.807) is 6.20 Å². The van der Waals surface area contributed by atoms with Gasteiger partial charge in [-0.1, -0.05) is 57.7 Å². The summed E-state index contributed by atoms with van der Waals surface area (Å²) in [6, 6.07) is 10.4. The second kappa shape index (κ2) is 16.1. The van der Waals surface area contributed by atoms with Crippen LogP contribution in [0.4, 0.5) is 5.69 Å². The first-order chi connectivity index (χ1) is 15.1. The normalized spacial score (nSPS) is 11.2. The van der Waals surface area contributed by atoms with Gasteiger partial charge in [0, 0.05) is 24.5 Å². The molecule has 170 valence electrons. The first-order valence-electron chi connectivity index (χ1n) is 10.9. The summed E-state index contributed by atoms with van der Waals surface area (Å²) in [5.41, 5.74) is 3.70. The zero-order chi connectivity index (χ0) is 22.9. The summed E-state index contributed by atoms with van der Waals surface area (Å²) in [5.74, 6) is 0.571. The number of hydrogen-bond donors (Lipinski definition) is 3. The summed E-state index contributed by atoms with van der Waals surface area (Å²) in [5, 5.41) is 9.54. The van der Waals surface area contributed by atoms with Crippen molar-refractivity contribution < 1.29 is 0 Å². The van der Waals surface area contributed by atoms with E-state index in [0.29, 0.717) is 5.82 Å². The highest BCUT2D eigenvalue weighted by molar-refractivity contribution is 6.17. The minimum Gasteiger partial charge on any atom is -0.370 e. The Balaban J connectivity index is 2.71. The molecule has 0 saturated carbocycles. The topological polar surface area (TPSA) is 51.7 Å². The lowest BCUT2D eigenvalue weighted by Crippen LogP contribution is -2.31. The molecule has 0 amide bonds. The lowest BCUT2D eigenvalue weighted by Gasteiger charge is -2.29. The van der Waals surface area contributed by atoms with Gasteiger partial charge in [-0.2, -0.15) is 0 Å². The van der Waals surface area contributed by atoms with Gasteiger partial charge in [0.15, 0.2) is 5.82 Å². The SMILES string of the molecule is C=CN/C(N=C)=C(/NCCl)C(=C)N(CCCCC)CCCCC(=C)Nc1ccccc1. The van der Waals surface area contributed by atoms with Crippen molar-refractivity contribution in [1.29, 1.82) is 0 Å². The Morgan fingerprint density at radius 2 is 1.77 bits per heavy atom. The molecule has 1 aromatic rings. The Morgan fingerprint density at radius 3 is 2.35 bits per heavy atom. The van der Waals surface area contributed by atoms with Crippen LogP contribution in [0.15, 0.2) is 84.2 Å². The Labute approximate surface area is 193 Å². The Hall–Kier alpha value is -2.66. The molecule has 6 heteroatoms. The zero-order valence-electron chi connectivity index (χ0n) is 18.9. The van der Waals surface area contributed by atoms with Gasteiger partial charge >= 0.3 is 0 Å². The third-order valence-electron chi connectivity index (χ3n) is 4.83. The van der Waals surface area contributed by atoms with Gasteiger partial charge in [0.1, 0.15) is 5.70 Å². The molecule has 0 radical (unpaired) electrons. The lowest BCUT2D eigenvalue weighted by atomic mass is 10.1. The van der Waals surface area contributed by atoms with Crippen molar-refractivity contribution in [1.82, 2.24) is 15.5 Å². The van der Waals surface area contributed by atoms with Gasteiger partial charge in [-0.05, 0) is 50.7 Å². The van der Waals surface area contributed by atoms with Crippen LogP contribution in [0.1, 0.15) is 45.4 Å². The summed E-state index contributed by atoms with van der Waals surface area (Å²) in [7, 11) is 0. The third kappa shape index (κ3) is 10.3. The van der Waals surface area contributed by atoms with Crippen LogP contribution in [-0.2, 0) is 0 Å². The first kappa shape index (κ1) is 26.4. The fourth-order valence-electron chi connectivity index (χ4n) is 3.20. The van der Waals surface area contributed by atoms with Gasteiger partial charge in [-0.3, -0.25) is 0 Å². The first-order valence-corrected chi connectivity index (χ1v) is 11.4. The number of unbranched alkanes of at least 4 members (excludes halogenated alkanes) is 3. The van der Waals surface area contributed by atoms with Crippen molar-refractivity contribution in [2.75, 3.05) is 24.4 Å². The Morgan fingerprint density at radius 1 is 1.10 bits per heavy atom. The molecular formula is C25H38ClN5. The number of benzene rings is 1. The fourth-order valence-corrected chi connectivity index (χ4v) is 3.34. The molecule has 0 atom stereocenters. The summed E-state index contributed by atoms with van der Waals surface area (Å²) in [6.45, 7) is 19.9. The van der Waals surface area contributed by atoms with Crippen LogP contribution in [0, 0.1) is 0 Å². The zero-order valence-corrected chi connectivity index (χ0v) is 19.7. The van der Waals surface area contributed by atoms with E-state index in [1.165, 1.54) is 12.8 Å². The second-order valence-corrected chi connectivity index (χ2v) is 7.50. The molecule has 0 aromatic heterocycles. The Bertz CT molecular complexity index is 727. The number of para-hydroxylation sites is 1. The summed E-state index contributed by atoms with van der Waals surface area (Å²) in [4.78, 5) is 6.37. The quantitative estimate of drug-likeness (QED) is 0.0833. The number of hydrogen-bond acceptors (Lipinski definition) is 5. The number of nitrogens with zero attached hydrogens (tertiary/aromatic N) is 2. The third-order valence-corrected chi connectivity index (χ3v) is 4.96. The van der Waals surface area contributed by atoms with E-state index in [9.17, 15) is 0 Å². The van der Waals surface area contributed by atoms with E-state index in [4.69, 9.17) is 11.6 Å². The van der Waals surface area contributed by atoms with Crippen molar-refractivity contribution >= 4 is 24.0 Å². The summed E-state index contributed by atoms with van der Waals surface area (Å²) < 4.78 is 0. The average molecular weight is 444 g/mol. The number of halogens is 1. The standard InChI is InChI=1S/C25H38ClN5/c1-6-8-13-18-31(22(4)24(29-20-26)25(27-5)28-7-2)19-14-12-15-21(3)30-23-16-10-9-11-17-23/h7,9-11,16-17,28-30H,2-6,8,12-15,18-20H2,1H3/b25-24+. The molecule has 0 unspecified atom stereocenters. The van der Waals surface area contributed by atoms with Crippen LogP contribution < -0.4 is 16.0 Å². The van der Waals surface area contributed by atoms with Crippen molar-refractivity contribution in [3.8, 4) is 0 Å². The van der Waals surface area contributed by atoms with Gasteiger partial charge < -0.3 is 20.9 Å². The van der Waals surface area contributed by atoms with Gasteiger partial charge in [-0.25, -0.2) is 4.99 Å². The average Bonchev–Trinajstić information content (AvgIpc) is 2.78. The largest absolute Gasteiger partial charge is 0.370 e. The van der Waals surface area contributed by atoms with Crippen LogP contribution in [0.2, 0.25) is 0 Å². The van der Waals surface area contributed by atoms with E-state index in [0.717, 1.165) is 61.6 Å². The van der Waals surface area contributed by atoms with Crippen molar-refractivity contribution in [3.63, 3.8) is 0 Å². The molecule has 0 aliphatic rings. The number of allylic oxidation sites excluding steroid dienone is 1. The van der Waals surface area contributed by atoms with E-state index >= 15 is 0 Å². The highest BCUT2D eigenvalue weighted by atomic mass is 35.5. The van der Waals surface area contributed by atoms with Crippen LogP contribution in [0.5, 0.6) is 0 Å². The van der Waals surface area contributed by atoms with Crippen LogP contribution in [0.3, 0.4) is 0 Å². The number of alkyl halides is 1. The van der Waals surface area contributed by atoms with Crippen molar-refractivity contribution in [2.24, 2.45) is 4.99 Å². The number of anilines is 1. The molecule has 1 rings (SSSR count). The molecule has 5 nitrogen and oxygen atoms in total. The van der Waals surface area contributed by atoms with Gasteiger partial charge in [0.05, 0.1) is 11.7 Å². The predicted molar refractivity (Wildman–Crippen MR) is 137 cm³/mol. The van der Waals surface area contributed by atoms with Crippen LogP contribution in [-0.4, -0.2) is 30.7 Å². The molecule has 0 aliphatic heterocycles. The summed E-state index contributed by atoms with van der Waals surface area (Å²) in [6.07, 6.45) is 8.02. The van der Waals surface area contributed by atoms with Crippen LogP contribution >= 0.6 is 11.6 Å². The molecule has 0 saturated heterocycles. The maximum Gasteiger partial charge on any atom is 0.154 e. The van der Waals surface area contributed by atoms with Gasteiger partial charge in [-0.15, -0.1) is 11.6 Å². The van der Waals surface area contributed by atoms with Crippen molar-refractivity contribution in [2.45, 2.75) is 45.4 Å². The van der Waals surface area contributed by atoms with Gasteiger partial charge in [0.25, 0.3) is 0 Å². The molecule has 0 spiro atoms. The Kier molecular flexibility index (Phi) is 13.7. The second-order valence-electron chi connectivity index (χ2n) is 7.23. The lowest BCUT2D eigenvalue weighted by molar-refractivity contribution is 0.329. The minimum absolute atomic E-state index is 0.250. The molecule has 0 heterocycles. The molecular weight excluding hydrogens is 406 g/mol. The molecule has 0 fully saturated rings. The monoisotopic (exact) mass is 443 g/mol. The predicted octanol–water partition coefficient (Wildman–Crippen LogP) is 6.18.